The summed E-state index contributed by atoms with van der Waals surface area (Å²) in [6, 6.07) is 5.77. The van der Waals surface area contributed by atoms with E-state index in [9.17, 15) is 0 Å². The molecule has 5 heteroatoms. The topological polar surface area (TPSA) is 61.0 Å². The van der Waals surface area contributed by atoms with E-state index in [1.807, 2.05) is 24.4 Å². The second-order valence-corrected chi connectivity index (χ2v) is 4.11. The second kappa shape index (κ2) is 4.27. The first-order valence-electron chi connectivity index (χ1n) is 4.50. The SMILES string of the molecule is Cc1cc(OCc2cccs2)nc(N)n1. The highest BCUT2D eigenvalue weighted by molar-refractivity contribution is 7.09. The summed E-state index contributed by atoms with van der Waals surface area (Å²) in [5.74, 6) is 0.768. The third-order valence-corrected chi connectivity index (χ3v) is 2.64. The molecule has 0 aliphatic heterocycles. The van der Waals surface area contributed by atoms with Crippen LogP contribution in [0.5, 0.6) is 5.88 Å². The van der Waals surface area contributed by atoms with Gasteiger partial charge in [-0.2, -0.15) is 4.98 Å². The molecule has 2 aromatic rings. The van der Waals surface area contributed by atoms with E-state index in [0.717, 1.165) is 10.6 Å². The molecule has 78 valence electrons. The van der Waals surface area contributed by atoms with Crippen LogP contribution < -0.4 is 10.5 Å². The Labute approximate surface area is 91.8 Å². The first-order chi connectivity index (χ1) is 7.24. The van der Waals surface area contributed by atoms with Crippen LogP contribution in [-0.4, -0.2) is 9.97 Å². The van der Waals surface area contributed by atoms with Crippen molar-refractivity contribution in [2.75, 3.05) is 5.73 Å². The van der Waals surface area contributed by atoms with Crippen molar-refractivity contribution in [2.24, 2.45) is 0 Å². The van der Waals surface area contributed by atoms with Gasteiger partial charge in [0, 0.05) is 16.6 Å². The molecular weight excluding hydrogens is 210 g/mol. The van der Waals surface area contributed by atoms with E-state index in [1.165, 1.54) is 0 Å². The number of hydrogen-bond donors (Lipinski definition) is 1. The molecule has 0 aromatic carbocycles. The Balaban J connectivity index is 2.05. The Bertz CT molecular complexity index is 422. The largest absolute Gasteiger partial charge is 0.472 e. The molecule has 2 heterocycles. The highest BCUT2D eigenvalue weighted by Crippen LogP contribution is 2.14. The van der Waals surface area contributed by atoms with Gasteiger partial charge in [-0.1, -0.05) is 6.07 Å². The third kappa shape index (κ3) is 2.66. The molecule has 0 fully saturated rings. The van der Waals surface area contributed by atoms with Gasteiger partial charge in [-0.15, -0.1) is 11.3 Å². The molecule has 2 rings (SSSR count). The summed E-state index contributed by atoms with van der Waals surface area (Å²) >= 11 is 1.65. The zero-order valence-corrected chi connectivity index (χ0v) is 9.12. The first kappa shape index (κ1) is 9.92. The number of hydrogen-bond acceptors (Lipinski definition) is 5. The fraction of sp³-hybridized carbons (Fsp3) is 0.200. The van der Waals surface area contributed by atoms with Crippen LogP contribution in [-0.2, 0) is 6.61 Å². The van der Waals surface area contributed by atoms with E-state index < -0.39 is 0 Å². The lowest BCUT2D eigenvalue weighted by molar-refractivity contribution is 0.297. The number of ether oxygens (including phenoxy) is 1. The molecule has 0 spiro atoms. The lowest BCUT2D eigenvalue weighted by atomic mass is 10.4. The minimum atomic E-state index is 0.246. The van der Waals surface area contributed by atoms with Crippen LogP contribution >= 0.6 is 11.3 Å². The van der Waals surface area contributed by atoms with Gasteiger partial charge < -0.3 is 10.5 Å². The van der Waals surface area contributed by atoms with E-state index >= 15 is 0 Å². The van der Waals surface area contributed by atoms with Crippen molar-refractivity contribution in [3.63, 3.8) is 0 Å². The molecule has 2 aromatic heterocycles. The number of nitrogens with zero attached hydrogens (tertiary/aromatic N) is 2. The number of thiophene rings is 1. The van der Waals surface area contributed by atoms with Crippen LogP contribution in [0.15, 0.2) is 23.6 Å². The molecule has 0 atom stereocenters. The summed E-state index contributed by atoms with van der Waals surface area (Å²) in [6.07, 6.45) is 0. The standard InChI is InChI=1S/C10H11N3OS/c1-7-5-9(13-10(11)12-7)14-6-8-3-2-4-15-8/h2-5H,6H2,1H3,(H2,11,12,13). The molecule has 0 unspecified atom stereocenters. The molecule has 0 amide bonds. The van der Waals surface area contributed by atoms with Crippen LogP contribution in [0.2, 0.25) is 0 Å². The normalized spacial score (nSPS) is 10.2. The van der Waals surface area contributed by atoms with E-state index in [4.69, 9.17) is 10.5 Å². The van der Waals surface area contributed by atoms with E-state index in [-0.39, 0.29) is 5.95 Å². The fourth-order valence-corrected chi connectivity index (χ4v) is 1.79. The molecule has 4 nitrogen and oxygen atoms in total. The fourth-order valence-electron chi connectivity index (χ4n) is 1.18. The van der Waals surface area contributed by atoms with E-state index in [0.29, 0.717) is 12.5 Å². The van der Waals surface area contributed by atoms with Gasteiger partial charge in [0.2, 0.25) is 11.8 Å². The summed E-state index contributed by atoms with van der Waals surface area (Å²) in [4.78, 5) is 9.11. The van der Waals surface area contributed by atoms with Gasteiger partial charge in [0.15, 0.2) is 0 Å². The van der Waals surface area contributed by atoms with Gasteiger partial charge in [-0.05, 0) is 18.4 Å². The van der Waals surface area contributed by atoms with Gasteiger partial charge >= 0.3 is 0 Å². The lowest BCUT2D eigenvalue weighted by Gasteiger charge is -2.04. The van der Waals surface area contributed by atoms with E-state index in [1.54, 1.807) is 17.4 Å². The summed E-state index contributed by atoms with van der Waals surface area (Å²) in [7, 11) is 0. The van der Waals surface area contributed by atoms with Crippen LogP contribution in [0.4, 0.5) is 5.95 Å². The molecule has 0 aliphatic rings. The molecule has 0 aliphatic carbocycles. The maximum atomic E-state index is 5.51. The molecule has 0 saturated carbocycles. The van der Waals surface area contributed by atoms with Gasteiger partial charge in [-0.25, -0.2) is 4.98 Å². The highest BCUT2D eigenvalue weighted by atomic mass is 32.1. The van der Waals surface area contributed by atoms with Crippen LogP contribution in [0.3, 0.4) is 0 Å². The van der Waals surface area contributed by atoms with Gasteiger partial charge in [0.05, 0.1) is 0 Å². The van der Waals surface area contributed by atoms with Crippen molar-refractivity contribution >= 4 is 17.3 Å². The van der Waals surface area contributed by atoms with Crippen molar-refractivity contribution in [3.8, 4) is 5.88 Å². The van der Waals surface area contributed by atoms with Crippen molar-refractivity contribution in [3.05, 3.63) is 34.2 Å². The zero-order chi connectivity index (χ0) is 10.7. The lowest BCUT2D eigenvalue weighted by Crippen LogP contribution is -2.01. The average molecular weight is 221 g/mol. The molecule has 15 heavy (non-hydrogen) atoms. The van der Waals surface area contributed by atoms with Crippen LogP contribution in [0.25, 0.3) is 0 Å². The quantitative estimate of drug-likeness (QED) is 0.861. The van der Waals surface area contributed by atoms with E-state index in [2.05, 4.69) is 9.97 Å². The molecule has 0 saturated heterocycles. The Hall–Kier alpha value is -1.62. The zero-order valence-electron chi connectivity index (χ0n) is 8.30. The molecule has 0 bridgehead atoms. The van der Waals surface area contributed by atoms with Crippen molar-refractivity contribution < 1.29 is 4.74 Å². The number of aryl methyl sites for hydroxylation is 1. The maximum absolute atomic E-state index is 5.51. The average Bonchev–Trinajstić information content (AvgIpc) is 2.65. The third-order valence-electron chi connectivity index (χ3n) is 1.79. The van der Waals surface area contributed by atoms with Crippen molar-refractivity contribution in [1.29, 1.82) is 0 Å². The Morgan fingerprint density at radius 2 is 2.33 bits per heavy atom. The molecular formula is C10H11N3OS. The number of rotatable bonds is 3. The molecule has 0 radical (unpaired) electrons. The maximum Gasteiger partial charge on any atom is 0.223 e. The van der Waals surface area contributed by atoms with Gasteiger partial charge in [0.25, 0.3) is 0 Å². The Morgan fingerprint density at radius 3 is 3.00 bits per heavy atom. The number of nitrogens with two attached hydrogens (primary N) is 1. The number of anilines is 1. The van der Waals surface area contributed by atoms with Gasteiger partial charge in [0.1, 0.15) is 6.61 Å². The Morgan fingerprint density at radius 1 is 1.47 bits per heavy atom. The van der Waals surface area contributed by atoms with Crippen molar-refractivity contribution in [1.82, 2.24) is 9.97 Å². The van der Waals surface area contributed by atoms with Gasteiger partial charge in [-0.3, -0.25) is 0 Å². The highest BCUT2D eigenvalue weighted by Gasteiger charge is 2.01. The van der Waals surface area contributed by atoms with Crippen LogP contribution in [0.1, 0.15) is 10.6 Å². The van der Waals surface area contributed by atoms with Crippen molar-refractivity contribution in [2.45, 2.75) is 13.5 Å². The smallest absolute Gasteiger partial charge is 0.223 e. The predicted octanol–water partition coefficient (Wildman–Crippen LogP) is 2.01. The minimum absolute atomic E-state index is 0.246. The summed E-state index contributed by atoms with van der Waals surface area (Å²) in [5.41, 5.74) is 6.32. The predicted molar refractivity (Wildman–Crippen MR) is 59.8 cm³/mol. The monoisotopic (exact) mass is 221 g/mol. The first-order valence-corrected chi connectivity index (χ1v) is 5.38. The Kier molecular flexibility index (Phi) is 2.82. The second-order valence-electron chi connectivity index (χ2n) is 3.07. The minimum Gasteiger partial charge on any atom is -0.472 e. The number of aromatic nitrogens is 2. The summed E-state index contributed by atoms with van der Waals surface area (Å²) in [5, 5.41) is 2.01. The number of nitrogen functional groups attached to an aromatic ring is 1. The summed E-state index contributed by atoms with van der Waals surface area (Å²) in [6.45, 7) is 2.38. The summed E-state index contributed by atoms with van der Waals surface area (Å²) < 4.78 is 5.49. The molecule has 2 N–H and O–H groups in total. The van der Waals surface area contributed by atoms with Crippen LogP contribution in [0, 0.1) is 6.92 Å².